The average Bonchev–Trinajstić information content (AvgIpc) is 2.26. The number of amides is 1. The molecule has 0 atom stereocenters. The Morgan fingerprint density at radius 3 is 2.33 bits per heavy atom. The number of ether oxygens (including phenoxy) is 2. The van der Waals surface area contributed by atoms with Gasteiger partial charge in [-0.1, -0.05) is 0 Å². The highest BCUT2D eigenvalue weighted by Gasteiger charge is 2.42. The van der Waals surface area contributed by atoms with E-state index in [1.54, 1.807) is 0 Å². The number of alkyl halides is 3. The second-order valence-corrected chi connectivity index (χ2v) is 3.82. The Bertz CT molecular complexity index is 325. The number of aliphatic carboxylic acids is 1. The van der Waals surface area contributed by atoms with E-state index in [9.17, 15) is 22.8 Å². The first-order valence-corrected chi connectivity index (χ1v) is 5.08. The van der Waals surface area contributed by atoms with Crippen molar-refractivity contribution in [2.24, 2.45) is 0 Å². The summed E-state index contributed by atoms with van der Waals surface area (Å²) in [5, 5.41) is 11.0. The minimum atomic E-state index is -4.65. The highest BCUT2D eigenvalue weighted by Crippen LogP contribution is 2.21. The summed E-state index contributed by atoms with van der Waals surface area (Å²) >= 11 is 0. The van der Waals surface area contributed by atoms with Crippen molar-refractivity contribution in [1.29, 1.82) is 0 Å². The predicted molar refractivity (Wildman–Crippen MR) is 51.0 cm³/mol. The van der Waals surface area contributed by atoms with E-state index in [1.165, 1.54) is 0 Å². The molecule has 0 radical (unpaired) electrons. The highest BCUT2D eigenvalue weighted by molar-refractivity contribution is 5.84. The van der Waals surface area contributed by atoms with Gasteiger partial charge in [0.25, 0.3) is 0 Å². The van der Waals surface area contributed by atoms with Crippen molar-refractivity contribution >= 4 is 12.1 Å². The van der Waals surface area contributed by atoms with Crippen LogP contribution in [-0.2, 0) is 14.3 Å². The lowest BCUT2D eigenvalue weighted by Crippen LogP contribution is -2.57. The number of carbonyl (C=O) groups excluding carboxylic acids is 1. The second kappa shape index (κ2) is 5.42. The third-order valence-corrected chi connectivity index (χ3v) is 2.46. The molecular weight excluding hydrogens is 259 g/mol. The molecule has 6 nitrogen and oxygen atoms in total. The number of hydrogen-bond acceptors (Lipinski definition) is 4. The van der Waals surface area contributed by atoms with Gasteiger partial charge >= 0.3 is 18.2 Å². The summed E-state index contributed by atoms with van der Waals surface area (Å²) in [4.78, 5) is 22.2. The van der Waals surface area contributed by atoms with Crippen molar-refractivity contribution in [3.8, 4) is 0 Å². The smallest absolute Gasteiger partial charge is 0.422 e. The molecule has 1 rings (SSSR count). The lowest BCUT2D eigenvalue weighted by Gasteiger charge is -2.33. The SMILES string of the molecule is O=C(NC1(C(=O)O)CCOCC1)OCC(F)(F)F. The van der Waals surface area contributed by atoms with Crippen LogP contribution in [0.1, 0.15) is 12.8 Å². The van der Waals surface area contributed by atoms with Crippen molar-refractivity contribution in [2.45, 2.75) is 24.6 Å². The molecule has 9 heteroatoms. The summed E-state index contributed by atoms with van der Waals surface area (Å²) in [6.07, 6.45) is -6.10. The molecule has 2 N–H and O–H groups in total. The van der Waals surface area contributed by atoms with E-state index in [0.29, 0.717) is 0 Å². The first-order valence-electron chi connectivity index (χ1n) is 5.08. The van der Waals surface area contributed by atoms with Crippen molar-refractivity contribution in [3.05, 3.63) is 0 Å². The Labute approximate surface area is 100 Å². The highest BCUT2D eigenvalue weighted by atomic mass is 19.4. The first-order chi connectivity index (χ1) is 8.25. The van der Waals surface area contributed by atoms with E-state index < -0.39 is 30.4 Å². The molecule has 1 heterocycles. The summed E-state index contributed by atoms with van der Waals surface area (Å²) in [5.41, 5.74) is -1.62. The van der Waals surface area contributed by atoms with Crippen LogP contribution in [0.3, 0.4) is 0 Å². The van der Waals surface area contributed by atoms with Crippen LogP contribution in [-0.4, -0.2) is 48.7 Å². The van der Waals surface area contributed by atoms with Crippen molar-refractivity contribution in [2.75, 3.05) is 19.8 Å². The van der Waals surface area contributed by atoms with Gasteiger partial charge in [0, 0.05) is 26.1 Å². The quantitative estimate of drug-likeness (QED) is 0.797. The maximum Gasteiger partial charge on any atom is 0.422 e. The van der Waals surface area contributed by atoms with Gasteiger partial charge in [0.1, 0.15) is 5.54 Å². The Balaban J connectivity index is 2.56. The fourth-order valence-electron chi connectivity index (χ4n) is 1.49. The van der Waals surface area contributed by atoms with Gasteiger partial charge in [-0.05, 0) is 0 Å². The summed E-state index contributed by atoms with van der Waals surface area (Å²) in [7, 11) is 0. The molecule has 0 spiro atoms. The molecule has 1 fully saturated rings. The van der Waals surface area contributed by atoms with Crippen LogP contribution in [0.15, 0.2) is 0 Å². The van der Waals surface area contributed by atoms with E-state index in [-0.39, 0.29) is 26.1 Å². The Hall–Kier alpha value is -1.51. The number of carbonyl (C=O) groups is 2. The minimum Gasteiger partial charge on any atom is -0.480 e. The molecule has 1 amide bonds. The zero-order chi connectivity index (χ0) is 13.8. The van der Waals surface area contributed by atoms with Gasteiger partial charge in [-0.3, -0.25) is 0 Å². The Morgan fingerprint density at radius 1 is 1.33 bits per heavy atom. The average molecular weight is 271 g/mol. The Morgan fingerprint density at radius 2 is 1.89 bits per heavy atom. The van der Waals surface area contributed by atoms with Gasteiger partial charge in [0.05, 0.1) is 0 Å². The molecule has 1 aliphatic rings. The molecule has 0 aromatic heterocycles. The van der Waals surface area contributed by atoms with Crippen LogP contribution in [0.25, 0.3) is 0 Å². The molecular formula is C9H12F3NO5. The lowest BCUT2D eigenvalue weighted by atomic mass is 9.90. The third kappa shape index (κ3) is 4.06. The van der Waals surface area contributed by atoms with Crippen molar-refractivity contribution in [1.82, 2.24) is 5.32 Å². The topological polar surface area (TPSA) is 84.9 Å². The molecule has 104 valence electrons. The molecule has 0 aromatic carbocycles. The first kappa shape index (κ1) is 14.6. The molecule has 1 aliphatic heterocycles. The van der Waals surface area contributed by atoms with Crippen LogP contribution in [0, 0.1) is 0 Å². The van der Waals surface area contributed by atoms with Gasteiger partial charge in [-0.15, -0.1) is 0 Å². The molecule has 0 bridgehead atoms. The van der Waals surface area contributed by atoms with E-state index in [1.807, 2.05) is 5.32 Å². The number of halogens is 3. The molecule has 0 unspecified atom stereocenters. The number of alkyl carbamates (subject to hydrolysis) is 1. The largest absolute Gasteiger partial charge is 0.480 e. The van der Waals surface area contributed by atoms with Gasteiger partial charge in [-0.2, -0.15) is 13.2 Å². The molecule has 0 saturated carbocycles. The number of carboxylic acids is 1. The van der Waals surface area contributed by atoms with Crippen LogP contribution >= 0.6 is 0 Å². The van der Waals surface area contributed by atoms with Crippen molar-refractivity contribution in [3.63, 3.8) is 0 Å². The summed E-state index contributed by atoms with van der Waals surface area (Å²) in [5.74, 6) is -1.32. The number of rotatable bonds is 3. The van der Waals surface area contributed by atoms with Gasteiger partial charge in [0.2, 0.25) is 0 Å². The van der Waals surface area contributed by atoms with Gasteiger partial charge in [0.15, 0.2) is 6.61 Å². The van der Waals surface area contributed by atoms with E-state index in [2.05, 4.69) is 4.74 Å². The minimum absolute atomic E-state index is 0.0244. The van der Waals surface area contributed by atoms with Crippen molar-refractivity contribution < 1.29 is 37.3 Å². The van der Waals surface area contributed by atoms with Gasteiger partial charge in [-0.25, -0.2) is 9.59 Å². The summed E-state index contributed by atoms with van der Waals surface area (Å²) < 4.78 is 44.3. The fourth-order valence-corrected chi connectivity index (χ4v) is 1.49. The lowest BCUT2D eigenvalue weighted by molar-refractivity contribution is -0.161. The molecule has 1 saturated heterocycles. The third-order valence-electron chi connectivity index (χ3n) is 2.46. The van der Waals surface area contributed by atoms with Gasteiger partial charge < -0.3 is 19.9 Å². The number of carboxylic acid groups (broad SMARTS) is 1. The molecule has 18 heavy (non-hydrogen) atoms. The van der Waals surface area contributed by atoms with E-state index in [0.717, 1.165) is 0 Å². The maximum atomic E-state index is 11.8. The zero-order valence-electron chi connectivity index (χ0n) is 9.25. The predicted octanol–water partition coefficient (Wildman–Crippen LogP) is 0.909. The molecule has 0 aliphatic carbocycles. The van der Waals surface area contributed by atoms with Crippen LogP contribution in [0.5, 0.6) is 0 Å². The summed E-state index contributed by atoms with van der Waals surface area (Å²) in [6.45, 7) is -1.55. The fraction of sp³-hybridized carbons (Fsp3) is 0.778. The molecule has 0 aromatic rings. The van der Waals surface area contributed by atoms with E-state index >= 15 is 0 Å². The van der Waals surface area contributed by atoms with Crippen LogP contribution in [0.4, 0.5) is 18.0 Å². The zero-order valence-corrected chi connectivity index (χ0v) is 9.25. The van der Waals surface area contributed by atoms with Crippen LogP contribution in [0.2, 0.25) is 0 Å². The monoisotopic (exact) mass is 271 g/mol. The number of hydrogen-bond donors (Lipinski definition) is 2. The maximum absolute atomic E-state index is 11.8. The van der Waals surface area contributed by atoms with E-state index in [4.69, 9.17) is 9.84 Å². The normalized spacial score (nSPS) is 19.1. The second-order valence-electron chi connectivity index (χ2n) is 3.82. The number of nitrogens with one attached hydrogen (secondary N) is 1. The Kier molecular flexibility index (Phi) is 4.38. The summed E-state index contributed by atoms with van der Waals surface area (Å²) in [6, 6.07) is 0. The standard InChI is InChI=1S/C9H12F3NO5/c10-9(11,12)5-18-7(16)13-8(6(14)15)1-3-17-4-2-8/h1-5H2,(H,13,16)(H,14,15). The van der Waals surface area contributed by atoms with Crippen LogP contribution < -0.4 is 5.32 Å².